The summed E-state index contributed by atoms with van der Waals surface area (Å²) in [5.74, 6) is 0.815. The highest BCUT2D eigenvalue weighted by Crippen LogP contribution is 2.46. The summed E-state index contributed by atoms with van der Waals surface area (Å²) >= 11 is 1.88. The van der Waals surface area contributed by atoms with Gasteiger partial charge >= 0.3 is 0 Å². The molecule has 59 heavy (non-hydrogen) atoms. The first-order valence-electron chi connectivity index (χ1n) is 20.2. The fourth-order valence-electron chi connectivity index (χ4n) is 9.79. The van der Waals surface area contributed by atoms with Crippen LogP contribution in [0.15, 0.2) is 199 Å². The number of fused-ring (bicyclic) bond motifs is 12. The van der Waals surface area contributed by atoms with E-state index in [9.17, 15) is 0 Å². The summed E-state index contributed by atoms with van der Waals surface area (Å²) < 4.78 is 7.33. The van der Waals surface area contributed by atoms with Crippen molar-refractivity contribution in [2.75, 3.05) is 0 Å². The molecule has 1 aliphatic heterocycles. The van der Waals surface area contributed by atoms with Crippen molar-refractivity contribution >= 4 is 97.5 Å². The number of hydrogen-bond donors (Lipinski definition) is 1. The highest BCUT2D eigenvalue weighted by molar-refractivity contribution is 7.26. The molecule has 1 N–H and O–H groups in total. The molecule has 0 bridgehead atoms. The molecule has 1 aliphatic rings. The molecule has 0 spiro atoms. The fraction of sp³-hybridized carbons (Fsp3) is 0.0185. The number of aromatic nitrogens is 2. The molecule has 276 valence electrons. The van der Waals surface area contributed by atoms with Crippen LogP contribution in [-0.2, 0) is 0 Å². The van der Waals surface area contributed by atoms with Crippen LogP contribution in [-0.4, -0.2) is 15.1 Å². The van der Waals surface area contributed by atoms with E-state index in [1.54, 1.807) is 0 Å². The molecule has 5 heteroatoms. The normalized spacial score (nSPS) is 14.2. The monoisotopic (exact) mass is 770 g/mol. The number of hydrogen-bond acceptors (Lipinski definition) is 3. The van der Waals surface area contributed by atoms with Gasteiger partial charge in [-0.2, -0.15) is 0 Å². The minimum atomic E-state index is -0.144. The van der Waals surface area contributed by atoms with Crippen LogP contribution in [0, 0.1) is 0 Å². The third-order valence-electron chi connectivity index (χ3n) is 12.3. The molecular weight excluding hydrogens is 737 g/mol. The van der Waals surface area contributed by atoms with E-state index >= 15 is 0 Å². The Balaban J connectivity index is 1.05. The third kappa shape index (κ3) is 4.80. The molecule has 0 saturated heterocycles. The van der Waals surface area contributed by atoms with Crippen molar-refractivity contribution < 1.29 is 0 Å². The van der Waals surface area contributed by atoms with Gasteiger partial charge in [-0.05, 0) is 94.2 Å². The van der Waals surface area contributed by atoms with Gasteiger partial charge in [-0.25, -0.2) is 4.99 Å². The van der Waals surface area contributed by atoms with Crippen molar-refractivity contribution in [2.24, 2.45) is 4.99 Å². The summed E-state index contributed by atoms with van der Waals surface area (Å²) in [4.78, 5) is 5.43. The Kier molecular flexibility index (Phi) is 6.91. The minimum absolute atomic E-state index is 0.144. The van der Waals surface area contributed by atoms with Gasteiger partial charge in [-0.3, -0.25) is 4.57 Å². The number of aliphatic imine (C=N–C) groups is 1. The molecule has 4 nitrogen and oxygen atoms in total. The summed E-state index contributed by atoms with van der Waals surface area (Å²) in [6.07, 6.45) is 0. The lowest BCUT2D eigenvalue weighted by molar-refractivity contribution is 0.732. The first-order valence-corrected chi connectivity index (χ1v) is 21.0. The van der Waals surface area contributed by atoms with Crippen molar-refractivity contribution in [1.82, 2.24) is 14.5 Å². The predicted molar refractivity (Wildman–Crippen MR) is 250 cm³/mol. The van der Waals surface area contributed by atoms with Gasteiger partial charge in [0.25, 0.3) is 0 Å². The molecule has 1 unspecified atom stereocenters. The molecule has 0 radical (unpaired) electrons. The Morgan fingerprint density at radius 1 is 0.458 bits per heavy atom. The second kappa shape index (κ2) is 12.5. The number of nitrogens with one attached hydrogen (secondary N) is 1. The van der Waals surface area contributed by atoms with Crippen LogP contribution in [0.4, 0.5) is 5.69 Å². The zero-order valence-electron chi connectivity index (χ0n) is 31.8. The molecule has 0 amide bonds. The van der Waals surface area contributed by atoms with Crippen LogP contribution >= 0.6 is 11.3 Å². The Hall–Kier alpha value is -7.47. The van der Waals surface area contributed by atoms with Gasteiger partial charge in [0.2, 0.25) is 5.96 Å². The van der Waals surface area contributed by atoms with Crippen LogP contribution in [0.5, 0.6) is 0 Å². The van der Waals surface area contributed by atoms with Crippen LogP contribution in [0.1, 0.15) is 17.2 Å². The fourth-order valence-corrected chi connectivity index (χ4v) is 11.0. The third-order valence-corrected chi connectivity index (χ3v) is 13.4. The van der Waals surface area contributed by atoms with Gasteiger partial charge in [0.15, 0.2) is 0 Å². The van der Waals surface area contributed by atoms with Gasteiger partial charge in [-0.1, -0.05) is 127 Å². The maximum Gasteiger partial charge on any atom is 0.209 e. The second-order valence-electron chi connectivity index (χ2n) is 15.6. The number of para-hydroxylation sites is 4. The first kappa shape index (κ1) is 32.6. The van der Waals surface area contributed by atoms with Crippen LogP contribution in [0.3, 0.4) is 0 Å². The summed E-state index contributed by atoms with van der Waals surface area (Å²) in [6.45, 7) is 0. The van der Waals surface area contributed by atoms with E-state index in [2.05, 4.69) is 209 Å². The van der Waals surface area contributed by atoms with Crippen molar-refractivity contribution in [3.63, 3.8) is 0 Å². The van der Waals surface area contributed by atoms with Crippen molar-refractivity contribution in [3.8, 4) is 16.8 Å². The molecular formula is C54H34N4S. The van der Waals surface area contributed by atoms with Gasteiger partial charge in [0.1, 0.15) is 0 Å². The van der Waals surface area contributed by atoms with E-state index in [4.69, 9.17) is 4.99 Å². The molecule has 0 fully saturated rings. The van der Waals surface area contributed by atoms with Crippen molar-refractivity contribution in [3.05, 3.63) is 205 Å². The molecule has 3 aromatic heterocycles. The largest absolute Gasteiger partial charge is 0.344 e. The number of benzene rings is 9. The average Bonchev–Trinajstić information content (AvgIpc) is 3.95. The SMILES string of the molecule is c1ccc(-c2cc(C3NC(n4c5ccccc5c5c6c7ccccc7n(-c7ccccc7)c6ccc54)=Nc4ccccc43)cc3sc4cc5ccccc5cc4c23)cc1. The topological polar surface area (TPSA) is 34.2 Å². The van der Waals surface area contributed by atoms with E-state index < -0.39 is 0 Å². The number of rotatable bonds is 3. The summed E-state index contributed by atoms with van der Waals surface area (Å²) in [6, 6.07) is 70.5. The van der Waals surface area contributed by atoms with Gasteiger partial charge in [-0.15, -0.1) is 11.3 Å². The lowest BCUT2D eigenvalue weighted by Crippen LogP contribution is -2.36. The van der Waals surface area contributed by atoms with Crippen LogP contribution in [0.2, 0.25) is 0 Å². The first-order chi connectivity index (χ1) is 29.3. The molecule has 0 aliphatic carbocycles. The summed E-state index contributed by atoms with van der Waals surface area (Å²) in [5, 5.41) is 14.1. The molecule has 4 heterocycles. The Morgan fingerprint density at radius 2 is 1.07 bits per heavy atom. The average molecular weight is 771 g/mol. The molecule has 12 aromatic rings. The van der Waals surface area contributed by atoms with E-state index in [1.165, 1.54) is 80.2 Å². The number of nitrogens with zero attached hydrogens (tertiary/aromatic N) is 3. The highest BCUT2D eigenvalue weighted by atomic mass is 32.1. The van der Waals surface area contributed by atoms with E-state index in [-0.39, 0.29) is 6.04 Å². The van der Waals surface area contributed by atoms with Crippen molar-refractivity contribution in [2.45, 2.75) is 6.04 Å². The van der Waals surface area contributed by atoms with Gasteiger partial charge < -0.3 is 9.88 Å². The zero-order chi connectivity index (χ0) is 38.6. The van der Waals surface area contributed by atoms with E-state index in [1.807, 2.05) is 11.3 Å². The van der Waals surface area contributed by atoms with Crippen LogP contribution in [0.25, 0.3) is 91.4 Å². The molecule has 0 saturated carbocycles. The maximum atomic E-state index is 5.43. The van der Waals surface area contributed by atoms with Crippen LogP contribution < -0.4 is 5.32 Å². The lowest BCUT2D eigenvalue weighted by Gasteiger charge is -2.29. The smallest absolute Gasteiger partial charge is 0.209 e. The molecule has 1 atom stereocenters. The van der Waals surface area contributed by atoms with E-state index in [0.717, 1.165) is 33.9 Å². The Morgan fingerprint density at radius 3 is 1.83 bits per heavy atom. The summed E-state index contributed by atoms with van der Waals surface area (Å²) in [5.41, 5.74) is 11.6. The van der Waals surface area contributed by atoms with Gasteiger partial charge in [0, 0.05) is 53.0 Å². The van der Waals surface area contributed by atoms with Gasteiger partial charge in [0.05, 0.1) is 33.8 Å². The standard InChI is InChI=1S/C54H34N4S/c1-3-15-33(16-4-1)41-30-36(32-49-50(41)42-29-34-17-7-8-18-35(34)31-48(42)59-49)53-38-21-9-12-24-43(38)55-54(56-53)58-45-26-14-11-23-40(45)52-47(58)28-27-46-51(52)39-22-10-13-25-44(39)57(46)37-19-5-2-6-20-37/h1-32,53H,(H,55,56). The zero-order valence-corrected chi connectivity index (χ0v) is 32.6. The van der Waals surface area contributed by atoms with E-state index in [0.29, 0.717) is 0 Å². The highest BCUT2D eigenvalue weighted by Gasteiger charge is 2.29. The van der Waals surface area contributed by atoms with Crippen molar-refractivity contribution in [1.29, 1.82) is 0 Å². The predicted octanol–water partition coefficient (Wildman–Crippen LogP) is 14.3. The summed E-state index contributed by atoms with van der Waals surface area (Å²) in [7, 11) is 0. The molecule has 9 aromatic carbocycles. The Bertz CT molecular complexity index is 3700. The second-order valence-corrected chi connectivity index (χ2v) is 16.7. The quantitative estimate of drug-likeness (QED) is 0.191. The Labute approximate surface area is 343 Å². The number of thiophene rings is 1. The molecule has 13 rings (SSSR count). The maximum absolute atomic E-state index is 5.43. The minimum Gasteiger partial charge on any atom is -0.344 e. The lowest BCUT2D eigenvalue weighted by atomic mass is 9.91.